The summed E-state index contributed by atoms with van der Waals surface area (Å²) in [7, 11) is 0. The first-order valence-electron chi connectivity index (χ1n) is 5.68. The Morgan fingerprint density at radius 3 is 2.46 bits per heavy atom. The molecule has 0 aromatic rings. The van der Waals surface area contributed by atoms with Crippen molar-refractivity contribution in [1.29, 1.82) is 0 Å². The van der Waals surface area contributed by atoms with Gasteiger partial charge in [0, 0.05) is 17.6 Å². The molecule has 2 rings (SSSR count). The van der Waals surface area contributed by atoms with Crippen molar-refractivity contribution in [3.05, 3.63) is 0 Å². The summed E-state index contributed by atoms with van der Waals surface area (Å²) in [5.41, 5.74) is 6.58. The van der Waals surface area contributed by atoms with Crippen molar-refractivity contribution < 1.29 is 0 Å². The zero-order valence-corrected chi connectivity index (χ0v) is 8.92. The summed E-state index contributed by atoms with van der Waals surface area (Å²) in [6, 6.07) is 1.36. The SMILES string of the molecule is CC(C)N1CCCC1C1(N)CCC1. The Morgan fingerprint density at radius 1 is 1.31 bits per heavy atom. The van der Waals surface area contributed by atoms with Crippen LogP contribution in [0, 0.1) is 0 Å². The molecule has 1 heterocycles. The minimum atomic E-state index is 0.181. The molecule has 2 aliphatic rings. The van der Waals surface area contributed by atoms with Crippen LogP contribution in [-0.2, 0) is 0 Å². The van der Waals surface area contributed by atoms with Gasteiger partial charge in [0.25, 0.3) is 0 Å². The topological polar surface area (TPSA) is 29.3 Å². The monoisotopic (exact) mass is 182 g/mol. The van der Waals surface area contributed by atoms with E-state index in [2.05, 4.69) is 18.7 Å². The summed E-state index contributed by atoms with van der Waals surface area (Å²) in [5.74, 6) is 0. The Labute approximate surface area is 81.5 Å². The lowest BCUT2D eigenvalue weighted by Gasteiger charge is -2.47. The molecule has 2 N–H and O–H groups in total. The third-order valence-corrected chi connectivity index (χ3v) is 3.91. The van der Waals surface area contributed by atoms with E-state index in [-0.39, 0.29) is 5.54 Å². The molecule has 0 radical (unpaired) electrons. The first kappa shape index (κ1) is 9.47. The van der Waals surface area contributed by atoms with Gasteiger partial charge in [-0.3, -0.25) is 4.90 Å². The molecular weight excluding hydrogens is 160 g/mol. The van der Waals surface area contributed by atoms with Crippen LogP contribution < -0.4 is 5.73 Å². The van der Waals surface area contributed by atoms with Gasteiger partial charge in [-0.05, 0) is 52.5 Å². The Balaban J connectivity index is 2.04. The summed E-state index contributed by atoms with van der Waals surface area (Å²) < 4.78 is 0. The third kappa shape index (κ3) is 1.50. The van der Waals surface area contributed by atoms with Crippen LogP contribution in [0.25, 0.3) is 0 Å². The van der Waals surface area contributed by atoms with Crippen LogP contribution >= 0.6 is 0 Å². The second-order valence-corrected chi connectivity index (χ2v) is 5.08. The second-order valence-electron chi connectivity index (χ2n) is 5.08. The van der Waals surface area contributed by atoms with Crippen molar-refractivity contribution in [2.24, 2.45) is 5.73 Å². The summed E-state index contributed by atoms with van der Waals surface area (Å²) in [4.78, 5) is 2.61. The highest BCUT2D eigenvalue weighted by atomic mass is 15.2. The summed E-state index contributed by atoms with van der Waals surface area (Å²) in [6.07, 6.45) is 6.52. The minimum absolute atomic E-state index is 0.181. The van der Waals surface area contributed by atoms with Crippen molar-refractivity contribution in [3.8, 4) is 0 Å². The Bertz CT molecular complexity index is 185. The zero-order valence-electron chi connectivity index (χ0n) is 8.92. The molecule has 0 amide bonds. The lowest BCUT2D eigenvalue weighted by molar-refractivity contribution is 0.0780. The first-order chi connectivity index (χ1) is 6.13. The molecule has 2 heteroatoms. The van der Waals surface area contributed by atoms with E-state index in [1.807, 2.05) is 0 Å². The fourth-order valence-electron chi connectivity index (χ4n) is 2.94. The molecule has 2 nitrogen and oxygen atoms in total. The van der Waals surface area contributed by atoms with Crippen molar-refractivity contribution in [3.63, 3.8) is 0 Å². The molecule has 0 spiro atoms. The molecule has 1 unspecified atom stereocenters. The third-order valence-electron chi connectivity index (χ3n) is 3.91. The molecule has 1 saturated carbocycles. The average molecular weight is 182 g/mol. The Morgan fingerprint density at radius 2 is 2.00 bits per heavy atom. The summed E-state index contributed by atoms with van der Waals surface area (Å²) >= 11 is 0. The van der Waals surface area contributed by atoms with Crippen LogP contribution in [0.2, 0.25) is 0 Å². The fourth-order valence-corrected chi connectivity index (χ4v) is 2.94. The number of hydrogen-bond acceptors (Lipinski definition) is 2. The van der Waals surface area contributed by atoms with Crippen LogP contribution in [0.15, 0.2) is 0 Å². The number of likely N-dealkylation sites (tertiary alicyclic amines) is 1. The first-order valence-corrected chi connectivity index (χ1v) is 5.68. The number of nitrogens with zero attached hydrogens (tertiary/aromatic N) is 1. The fraction of sp³-hybridized carbons (Fsp3) is 1.00. The summed E-state index contributed by atoms with van der Waals surface area (Å²) in [5, 5.41) is 0. The molecule has 0 aromatic heterocycles. The van der Waals surface area contributed by atoms with Crippen LogP contribution in [0.1, 0.15) is 46.0 Å². The highest BCUT2D eigenvalue weighted by Gasteiger charge is 2.45. The molecule has 1 aliphatic carbocycles. The van der Waals surface area contributed by atoms with Gasteiger partial charge in [-0.1, -0.05) is 0 Å². The van der Waals surface area contributed by atoms with E-state index in [0.29, 0.717) is 12.1 Å². The van der Waals surface area contributed by atoms with E-state index in [4.69, 9.17) is 5.73 Å². The van der Waals surface area contributed by atoms with Crippen molar-refractivity contribution >= 4 is 0 Å². The maximum Gasteiger partial charge on any atom is 0.0312 e. The molecule has 1 aliphatic heterocycles. The maximum atomic E-state index is 6.39. The predicted octanol–water partition coefficient (Wildman–Crippen LogP) is 1.74. The average Bonchev–Trinajstić information content (AvgIpc) is 2.47. The van der Waals surface area contributed by atoms with Crippen LogP contribution in [0.4, 0.5) is 0 Å². The molecule has 1 atom stereocenters. The Kier molecular flexibility index (Phi) is 2.37. The second kappa shape index (κ2) is 3.25. The highest BCUT2D eigenvalue weighted by molar-refractivity contribution is 5.05. The van der Waals surface area contributed by atoms with E-state index in [0.717, 1.165) is 0 Å². The number of rotatable bonds is 2. The van der Waals surface area contributed by atoms with Gasteiger partial charge in [0.15, 0.2) is 0 Å². The molecule has 0 aromatic carbocycles. The van der Waals surface area contributed by atoms with E-state index in [9.17, 15) is 0 Å². The van der Waals surface area contributed by atoms with Crippen LogP contribution in [0.3, 0.4) is 0 Å². The van der Waals surface area contributed by atoms with E-state index in [1.54, 1.807) is 0 Å². The molecule has 76 valence electrons. The van der Waals surface area contributed by atoms with Crippen LogP contribution in [0.5, 0.6) is 0 Å². The minimum Gasteiger partial charge on any atom is -0.324 e. The van der Waals surface area contributed by atoms with Gasteiger partial charge in [0.05, 0.1) is 0 Å². The highest BCUT2D eigenvalue weighted by Crippen LogP contribution is 2.39. The standard InChI is InChI=1S/C11H22N2/c1-9(2)13-8-3-5-10(13)11(12)6-4-7-11/h9-10H,3-8,12H2,1-2H3. The molecule has 0 bridgehead atoms. The van der Waals surface area contributed by atoms with Gasteiger partial charge in [-0.25, -0.2) is 0 Å². The van der Waals surface area contributed by atoms with Crippen molar-refractivity contribution in [2.75, 3.05) is 6.54 Å². The van der Waals surface area contributed by atoms with Crippen molar-refractivity contribution in [2.45, 2.75) is 63.6 Å². The predicted molar refractivity (Wildman–Crippen MR) is 55.6 cm³/mol. The van der Waals surface area contributed by atoms with E-state index < -0.39 is 0 Å². The maximum absolute atomic E-state index is 6.39. The smallest absolute Gasteiger partial charge is 0.0312 e. The van der Waals surface area contributed by atoms with Gasteiger partial charge in [-0.15, -0.1) is 0 Å². The molecule has 2 fully saturated rings. The molecule has 13 heavy (non-hydrogen) atoms. The van der Waals surface area contributed by atoms with Gasteiger partial charge in [0.1, 0.15) is 0 Å². The number of hydrogen-bond donors (Lipinski definition) is 1. The van der Waals surface area contributed by atoms with Gasteiger partial charge in [0.2, 0.25) is 0 Å². The lowest BCUT2D eigenvalue weighted by atomic mass is 9.71. The molecule has 1 saturated heterocycles. The van der Waals surface area contributed by atoms with Crippen LogP contribution in [-0.4, -0.2) is 29.1 Å². The summed E-state index contributed by atoms with van der Waals surface area (Å²) in [6.45, 7) is 5.85. The quantitative estimate of drug-likeness (QED) is 0.705. The molecular formula is C11H22N2. The van der Waals surface area contributed by atoms with E-state index in [1.165, 1.54) is 38.6 Å². The van der Waals surface area contributed by atoms with Crippen molar-refractivity contribution in [1.82, 2.24) is 4.90 Å². The normalized spacial score (nSPS) is 33.7. The van der Waals surface area contributed by atoms with Gasteiger partial charge < -0.3 is 5.73 Å². The van der Waals surface area contributed by atoms with E-state index >= 15 is 0 Å². The largest absolute Gasteiger partial charge is 0.324 e. The zero-order chi connectivity index (χ0) is 9.47. The van der Waals surface area contributed by atoms with Gasteiger partial charge >= 0.3 is 0 Å². The number of nitrogens with two attached hydrogens (primary N) is 1. The lowest BCUT2D eigenvalue weighted by Crippen LogP contribution is -2.61. The van der Waals surface area contributed by atoms with Gasteiger partial charge in [-0.2, -0.15) is 0 Å². The Hall–Kier alpha value is -0.0800.